The molecule has 1 fully saturated rings. The van der Waals surface area contributed by atoms with E-state index < -0.39 is 11.5 Å². The first-order valence-corrected chi connectivity index (χ1v) is 15.7. The van der Waals surface area contributed by atoms with Crippen molar-refractivity contribution in [2.75, 3.05) is 13.2 Å². The summed E-state index contributed by atoms with van der Waals surface area (Å²) in [5.74, 6) is 1.39. The van der Waals surface area contributed by atoms with E-state index in [0.29, 0.717) is 37.5 Å². The average Bonchev–Trinajstić information content (AvgIpc) is 3.22. The Bertz CT molecular complexity index is 892. The molecule has 2 unspecified atom stereocenters. The first-order chi connectivity index (χ1) is 20.5. The number of aliphatic hydroxyl groups is 3. The molecule has 1 aliphatic rings. The molecule has 246 valence electrons. The fourth-order valence-electron chi connectivity index (χ4n) is 4.96. The van der Waals surface area contributed by atoms with E-state index >= 15 is 0 Å². The van der Waals surface area contributed by atoms with Crippen LogP contribution in [0.15, 0.2) is 67.0 Å². The maximum absolute atomic E-state index is 11.0. The van der Waals surface area contributed by atoms with Crippen molar-refractivity contribution in [2.45, 2.75) is 104 Å². The summed E-state index contributed by atoms with van der Waals surface area (Å²) in [6, 6.07) is 10.2. The van der Waals surface area contributed by atoms with Crippen LogP contribution in [0.1, 0.15) is 90.5 Å². The van der Waals surface area contributed by atoms with Crippen LogP contribution in [0.3, 0.4) is 0 Å². The van der Waals surface area contributed by atoms with Crippen LogP contribution in [0.5, 0.6) is 0 Å². The molecule has 0 amide bonds. The van der Waals surface area contributed by atoms with Crippen molar-refractivity contribution in [1.29, 1.82) is 0 Å². The minimum Gasteiger partial charge on any atom is -0.566 e. The summed E-state index contributed by atoms with van der Waals surface area (Å²) in [6.07, 6.45) is 16.2. The number of allylic oxidation sites excluding steroid dienone is 3. The third kappa shape index (κ3) is 22.8. The SMILES string of the molecule is C=C(O)CCCCCO[NH+]([O-])O.CC(=O)CCC/C=C\C[C@H]1C(C)C[C@@H](O)[C@@H]1/C=C/[C@@H](O)CCc1ccccc1.CCN. The Morgan fingerprint density at radius 3 is 2.47 bits per heavy atom. The van der Waals surface area contributed by atoms with Gasteiger partial charge in [-0.2, -0.15) is 10.0 Å². The van der Waals surface area contributed by atoms with E-state index in [0.717, 1.165) is 51.5 Å². The standard InChI is InChI=1S/C25H36O3.C7H15NO4.C2H7N/c1-19-18-25(28)24(23(19)13-9-4-3-6-10-20(2)26)17-16-22(27)15-14-21-11-7-5-8-12-21;1-7(9)5-3-2-4-6-12-8(10)11;1-2-3/h4-5,7-9,11-12,16-17,19,22-25,27-28H,3,6,10,13-15,18H2,1-2H3;8-10H,1-6H2;2-3H2,1H3/b9-4-,17-16+;;/t19?,22-,23-,24+,25+;;/m0../s1. The summed E-state index contributed by atoms with van der Waals surface area (Å²) in [4.78, 5) is 15.3. The van der Waals surface area contributed by atoms with Crippen LogP contribution < -0.4 is 11.1 Å². The Kier molecular flexibility index (Phi) is 24.6. The second-order valence-electron chi connectivity index (χ2n) is 11.2. The molecule has 0 heterocycles. The van der Waals surface area contributed by atoms with Gasteiger partial charge < -0.3 is 31.1 Å². The molecule has 0 radical (unpaired) electrons. The van der Waals surface area contributed by atoms with E-state index in [1.807, 2.05) is 37.3 Å². The molecular weight excluding hydrogens is 548 g/mol. The molecule has 1 aromatic carbocycles. The minimum atomic E-state index is -1.23. The summed E-state index contributed by atoms with van der Waals surface area (Å²) in [5, 5.41) is 46.2. The first-order valence-electron chi connectivity index (χ1n) is 15.7. The zero-order valence-corrected chi connectivity index (χ0v) is 26.6. The van der Waals surface area contributed by atoms with Crippen LogP contribution in [0.4, 0.5) is 0 Å². The van der Waals surface area contributed by atoms with Crippen LogP contribution >= 0.6 is 0 Å². The van der Waals surface area contributed by atoms with Crippen molar-refractivity contribution in [3.05, 3.63) is 77.7 Å². The highest BCUT2D eigenvalue weighted by Gasteiger charge is 2.37. The minimum absolute atomic E-state index is 0.100. The normalized spacial score (nSPS) is 21.1. The molecular formula is C34H58N2O7. The van der Waals surface area contributed by atoms with Crippen LogP contribution in [-0.2, 0) is 16.1 Å². The lowest BCUT2D eigenvalue weighted by Gasteiger charge is -2.20. The second-order valence-corrected chi connectivity index (χ2v) is 11.2. The summed E-state index contributed by atoms with van der Waals surface area (Å²) >= 11 is 0. The van der Waals surface area contributed by atoms with E-state index in [4.69, 9.17) is 16.0 Å². The molecule has 0 saturated heterocycles. The monoisotopic (exact) mass is 606 g/mol. The molecule has 1 aliphatic carbocycles. The third-order valence-electron chi connectivity index (χ3n) is 7.22. The van der Waals surface area contributed by atoms with Crippen molar-refractivity contribution in [3.63, 3.8) is 0 Å². The summed E-state index contributed by atoms with van der Waals surface area (Å²) in [7, 11) is 0. The highest BCUT2D eigenvalue weighted by atomic mass is 17.1. The molecule has 1 aromatic rings. The number of rotatable bonds is 18. The number of aliphatic hydroxyl groups excluding tert-OH is 3. The predicted molar refractivity (Wildman–Crippen MR) is 172 cm³/mol. The lowest BCUT2D eigenvalue weighted by molar-refractivity contribution is -1.21. The zero-order valence-electron chi connectivity index (χ0n) is 26.6. The summed E-state index contributed by atoms with van der Waals surface area (Å²) in [6.45, 7) is 10.1. The van der Waals surface area contributed by atoms with Crippen LogP contribution in [0, 0.1) is 23.0 Å². The molecule has 0 spiro atoms. The molecule has 1 saturated carbocycles. The van der Waals surface area contributed by atoms with Gasteiger partial charge in [-0.15, -0.1) is 0 Å². The smallest absolute Gasteiger partial charge is 0.129 e. The number of hydrogen-bond acceptors (Lipinski definition) is 8. The maximum Gasteiger partial charge on any atom is 0.129 e. The van der Waals surface area contributed by atoms with Gasteiger partial charge >= 0.3 is 0 Å². The number of hydrogen-bond donors (Lipinski definition) is 6. The van der Waals surface area contributed by atoms with E-state index in [-0.39, 0.29) is 30.2 Å². The number of unbranched alkanes of at least 4 members (excludes halogenated alkanes) is 3. The predicted octanol–water partition coefficient (Wildman–Crippen LogP) is 5.16. The van der Waals surface area contributed by atoms with Crippen molar-refractivity contribution >= 4 is 5.78 Å². The van der Waals surface area contributed by atoms with Gasteiger partial charge in [0.1, 0.15) is 12.4 Å². The number of ketones is 1. The van der Waals surface area contributed by atoms with Gasteiger partial charge in [0.15, 0.2) is 0 Å². The van der Waals surface area contributed by atoms with Crippen molar-refractivity contribution in [3.8, 4) is 0 Å². The van der Waals surface area contributed by atoms with Gasteiger partial charge in [0, 0.05) is 18.8 Å². The molecule has 43 heavy (non-hydrogen) atoms. The van der Waals surface area contributed by atoms with E-state index in [1.54, 1.807) is 6.92 Å². The van der Waals surface area contributed by atoms with Gasteiger partial charge in [-0.05, 0) is 82.2 Å². The Morgan fingerprint density at radius 2 is 1.86 bits per heavy atom. The lowest BCUT2D eigenvalue weighted by Crippen LogP contribution is -3.03. The number of nitrogens with two attached hydrogens (primary N) is 1. The van der Waals surface area contributed by atoms with Crippen LogP contribution in [-0.4, -0.2) is 51.7 Å². The first kappa shape index (κ1) is 40.6. The largest absolute Gasteiger partial charge is 0.566 e. The molecule has 7 N–H and O–H groups in total. The van der Waals surface area contributed by atoms with Crippen molar-refractivity contribution in [1.82, 2.24) is 0 Å². The van der Waals surface area contributed by atoms with Gasteiger partial charge in [0.2, 0.25) is 0 Å². The van der Waals surface area contributed by atoms with Gasteiger partial charge in [0.05, 0.1) is 18.0 Å². The number of carbonyl (C=O) groups excluding carboxylic acids is 1. The second kappa shape index (κ2) is 26.1. The Hall–Kier alpha value is -2.37. The molecule has 9 heteroatoms. The van der Waals surface area contributed by atoms with Crippen LogP contribution in [0.25, 0.3) is 0 Å². The fourth-order valence-corrected chi connectivity index (χ4v) is 4.96. The van der Waals surface area contributed by atoms with E-state index in [2.05, 4.69) is 42.6 Å². The van der Waals surface area contributed by atoms with Gasteiger partial charge in [0.25, 0.3) is 0 Å². The Balaban J connectivity index is 0.000000982. The summed E-state index contributed by atoms with van der Waals surface area (Å²) < 4.78 is 0. The molecule has 6 atom stereocenters. The number of aryl methyl sites for hydroxylation is 1. The number of Topliss-reactive ketones (excluding diaryl/α,β-unsaturated/α-hetero) is 1. The molecule has 2 rings (SSSR count). The van der Waals surface area contributed by atoms with Gasteiger partial charge in [-0.1, -0.05) is 86.9 Å². The summed E-state index contributed by atoms with van der Waals surface area (Å²) in [5.41, 5.74) is 6.08. The third-order valence-corrected chi connectivity index (χ3v) is 7.22. The van der Waals surface area contributed by atoms with Gasteiger partial charge in [-0.25, -0.2) is 0 Å². The van der Waals surface area contributed by atoms with E-state index in [9.17, 15) is 20.2 Å². The zero-order chi connectivity index (χ0) is 32.5. The molecule has 0 aliphatic heterocycles. The van der Waals surface area contributed by atoms with Crippen molar-refractivity contribution in [2.24, 2.45) is 23.5 Å². The Morgan fingerprint density at radius 1 is 1.19 bits per heavy atom. The lowest BCUT2D eigenvalue weighted by atomic mass is 9.86. The van der Waals surface area contributed by atoms with Crippen LogP contribution in [0.2, 0.25) is 0 Å². The molecule has 0 bridgehead atoms. The number of carbonyl (C=O) groups is 1. The quantitative estimate of drug-likeness (QED) is 0.0578. The number of nitrogens with one attached hydrogen (secondary N) is 1. The van der Waals surface area contributed by atoms with Gasteiger partial charge in [-0.3, -0.25) is 0 Å². The highest BCUT2D eigenvalue weighted by molar-refractivity contribution is 5.75. The maximum atomic E-state index is 11.0. The topological polar surface area (TPSA) is 161 Å². The number of quaternary nitrogens is 1. The van der Waals surface area contributed by atoms with Crippen molar-refractivity contribution < 1.29 is 35.5 Å². The average molecular weight is 607 g/mol. The Labute approximate surface area is 259 Å². The molecule has 0 aromatic heterocycles. The highest BCUT2D eigenvalue weighted by Crippen LogP contribution is 2.40. The van der Waals surface area contributed by atoms with E-state index in [1.165, 1.54) is 5.56 Å². The number of benzene rings is 1. The molecule has 9 nitrogen and oxygen atoms in total. The fraction of sp³-hybridized carbons (Fsp3) is 0.618.